The van der Waals surface area contributed by atoms with E-state index in [1.807, 2.05) is 0 Å². The van der Waals surface area contributed by atoms with Crippen LogP contribution < -0.4 is 0 Å². The third kappa shape index (κ3) is 1.96. The van der Waals surface area contributed by atoms with E-state index in [-0.39, 0.29) is 5.13 Å². The smallest absolute Gasteiger partial charge is 0.191 e. The van der Waals surface area contributed by atoms with Gasteiger partial charge in [-0.15, -0.1) is 15.3 Å². The van der Waals surface area contributed by atoms with Crippen LogP contribution >= 0.6 is 11.3 Å². The molecule has 0 spiro atoms. The molecule has 2 aromatic heterocycles. The Hall–Kier alpha value is -2.02. The van der Waals surface area contributed by atoms with Gasteiger partial charge < -0.3 is 0 Å². The highest BCUT2D eigenvalue weighted by atomic mass is 32.1. The van der Waals surface area contributed by atoms with E-state index >= 15 is 0 Å². The van der Waals surface area contributed by atoms with Crippen LogP contribution in [-0.4, -0.2) is 25.2 Å². The highest BCUT2D eigenvalue weighted by Crippen LogP contribution is 2.32. The molecule has 0 aliphatic rings. The summed E-state index contributed by atoms with van der Waals surface area (Å²) in [5, 5.41) is 22.5. The van der Waals surface area contributed by atoms with Crippen molar-refractivity contribution >= 4 is 11.3 Å². The van der Waals surface area contributed by atoms with Crippen molar-refractivity contribution < 1.29 is 13.2 Å². The van der Waals surface area contributed by atoms with Crippen LogP contribution in [0.15, 0.2) is 0 Å². The van der Waals surface area contributed by atoms with Gasteiger partial charge in [0.15, 0.2) is 11.4 Å². The van der Waals surface area contributed by atoms with Crippen molar-refractivity contribution in [2.75, 3.05) is 0 Å². The van der Waals surface area contributed by atoms with Gasteiger partial charge in [0, 0.05) is 0 Å². The lowest BCUT2D eigenvalue weighted by atomic mass is 10.3. The Morgan fingerprint density at radius 2 is 2.00 bits per heavy atom. The first-order valence-corrected chi connectivity index (χ1v) is 4.98. The molecule has 0 saturated carbocycles. The summed E-state index contributed by atoms with van der Waals surface area (Å²) in [7, 11) is 0. The first-order valence-electron chi connectivity index (χ1n) is 4.17. The molecule has 10 heteroatoms. The number of nitrogens with zero attached hydrogens (tertiary/aromatic N) is 6. The van der Waals surface area contributed by atoms with Crippen molar-refractivity contribution in [3.63, 3.8) is 0 Å². The third-order valence-electron chi connectivity index (χ3n) is 1.74. The molecule has 0 atom stereocenters. The molecule has 0 aliphatic heterocycles. The molecule has 0 fully saturated rings. The van der Waals surface area contributed by atoms with Crippen LogP contribution in [0.1, 0.15) is 16.4 Å². The Balaban J connectivity index is 2.64. The van der Waals surface area contributed by atoms with E-state index in [9.17, 15) is 13.2 Å². The first kappa shape index (κ1) is 11.5. The molecule has 2 aromatic rings. The summed E-state index contributed by atoms with van der Waals surface area (Å²) in [4.78, 5) is 0. The Morgan fingerprint density at radius 3 is 2.47 bits per heavy atom. The Bertz CT molecular complexity index is 592. The molecule has 6 nitrogen and oxygen atoms in total. The largest absolute Gasteiger partial charge is 0.436 e. The predicted octanol–water partition coefficient (Wildman–Crippen LogP) is 1.32. The molecule has 2 rings (SSSR count). The number of aromatic nitrogens is 5. The van der Waals surface area contributed by atoms with Crippen molar-refractivity contribution in [1.82, 2.24) is 25.2 Å². The van der Waals surface area contributed by atoms with Crippen LogP contribution in [-0.2, 0) is 6.18 Å². The molecule has 0 N–H and O–H groups in total. The monoisotopic (exact) mass is 260 g/mol. The summed E-state index contributed by atoms with van der Waals surface area (Å²) in [5.41, 5.74) is -2.03. The Morgan fingerprint density at radius 1 is 1.29 bits per heavy atom. The zero-order valence-electron chi connectivity index (χ0n) is 8.23. The molecule has 17 heavy (non-hydrogen) atoms. The molecular formula is C7H3F3N6S. The zero-order chi connectivity index (χ0) is 12.6. The number of hydrogen-bond acceptors (Lipinski definition) is 6. The van der Waals surface area contributed by atoms with Crippen LogP contribution in [0.25, 0.3) is 5.13 Å². The van der Waals surface area contributed by atoms with Gasteiger partial charge in [-0.1, -0.05) is 16.6 Å². The topological polar surface area (TPSA) is 80.3 Å². The molecule has 0 unspecified atom stereocenters. The van der Waals surface area contributed by atoms with Crippen LogP contribution in [0.2, 0.25) is 0 Å². The lowest BCUT2D eigenvalue weighted by molar-refractivity contribution is -0.143. The second-order valence-corrected chi connectivity index (χ2v) is 4.07. The van der Waals surface area contributed by atoms with E-state index in [4.69, 9.17) is 5.26 Å². The minimum absolute atomic E-state index is 0.0798. The van der Waals surface area contributed by atoms with Gasteiger partial charge in [0.05, 0.1) is 0 Å². The summed E-state index contributed by atoms with van der Waals surface area (Å²) in [6, 6.07) is 1.34. The van der Waals surface area contributed by atoms with Crippen molar-refractivity contribution in [1.29, 1.82) is 5.26 Å². The third-order valence-corrected chi connectivity index (χ3v) is 2.56. The molecule has 2 heterocycles. The molecule has 0 saturated heterocycles. The van der Waals surface area contributed by atoms with Gasteiger partial charge in [0.25, 0.3) is 0 Å². The van der Waals surface area contributed by atoms with E-state index in [1.54, 1.807) is 6.92 Å². The van der Waals surface area contributed by atoms with E-state index in [1.165, 1.54) is 6.07 Å². The van der Waals surface area contributed by atoms with Crippen LogP contribution in [0.3, 0.4) is 0 Å². The first-order chi connectivity index (χ1) is 7.93. The highest BCUT2D eigenvalue weighted by molar-refractivity contribution is 7.13. The molecule has 0 aliphatic carbocycles. The van der Waals surface area contributed by atoms with Gasteiger partial charge in [0.1, 0.15) is 11.1 Å². The standard InChI is InChI=1S/C7H3F3N6S/c1-3-12-14-6(17-3)16-5(7(8,9)10)4(2-11)13-15-16/h1H3. The van der Waals surface area contributed by atoms with Crippen LogP contribution in [0, 0.1) is 18.3 Å². The average Bonchev–Trinajstić information content (AvgIpc) is 2.81. The van der Waals surface area contributed by atoms with Gasteiger partial charge in [-0.05, 0) is 6.92 Å². The SMILES string of the molecule is Cc1nnc(-n2nnc(C#N)c2C(F)(F)F)s1. The number of nitriles is 1. The van der Waals surface area contributed by atoms with Crippen molar-refractivity contribution in [2.45, 2.75) is 13.1 Å². The summed E-state index contributed by atoms with van der Waals surface area (Å²) >= 11 is 0.924. The maximum atomic E-state index is 12.7. The van der Waals surface area contributed by atoms with Gasteiger partial charge in [-0.2, -0.15) is 23.1 Å². The van der Waals surface area contributed by atoms with Crippen molar-refractivity contribution in [3.8, 4) is 11.2 Å². The van der Waals surface area contributed by atoms with Gasteiger partial charge >= 0.3 is 6.18 Å². The fourth-order valence-corrected chi connectivity index (χ4v) is 1.76. The van der Waals surface area contributed by atoms with Gasteiger partial charge in [-0.3, -0.25) is 0 Å². The molecule has 0 aromatic carbocycles. The van der Waals surface area contributed by atoms with Crippen LogP contribution in [0.5, 0.6) is 0 Å². The number of alkyl halides is 3. The zero-order valence-corrected chi connectivity index (χ0v) is 9.04. The number of halogens is 3. The number of aryl methyl sites for hydroxylation is 1. The van der Waals surface area contributed by atoms with Crippen molar-refractivity contribution in [3.05, 3.63) is 16.4 Å². The van der Waals surface area contributed by atoms with E-state index in [0.717, 1.165) is 11.3 Å². The number of rotatable bonds is 1. The van der Waals surface area contributed by atoms with E-state index in [0.29, 0.717) is 9.69 Å². The summed E-state index contributed by atoms with van der Waals surface area (Å²) in [6.45, 7) is 1.59. The van der Waals surface area contributed by atoms with Gasteiger partial charge in [-0.25, -0.2) is 0 Å². The Labute approximate surface area is 96.3 Å². The Kier molecular flexibility index (Phi) is 2.55. The molecule has 0 bridgehead atoms. The molecular weight excluding hydrogens is 257 g/mol. The maximum Gasteiger partial charge on any atom is 0.436 e. The lowest BCUT2D eigenvalue weighted by Crippen LogP contribution is -2.14. The average molecular weight is 260 g/mol. The second kappa shape index (κ2) is 3.77. The van der Waals surface area contributed by atoms with E-state index in [2.05, 4.69) is 20.5 Å². The highest BCUT2D eigenvalue weighted by Gasteiger charge is 2.40. The normalized spacial score (nSPS) is 11.5. The van der Waals surface area contributed by atoms with Crippen LogP contribution in [0.4, 0.5) is 13.2 Å². The summed E-state index contributed by atoms with van der Waals surface area (Å²) in [5.74, 6) is 0. The molecule has 0 radical (unpaired) electrons. The predicted molar refractivity (Wildman–Crippen MR) is 49.3 cm³/mol. The molecule has 88 valence electrons. The summed E-state index contributed by atoms with van der Waals surface area (Å²) < 4.78 is 38.7. The van der Waals surface area contributed by atoms with Crippen molar-refractivity contribution in [2.24, 2.45) is 0 Å². The van der Waals surface area contributed by atoms with E-state index < -0.39 is 17.6 Å². The van der Waals surface area contributed by atoms with Gasteiger partial charge in [0.2, 0.25) is 5.13 Å². The summed E-state index contributed by atoms with van der Waals surface area (Å²) in [6.07, 6.45) is -4.73. The lowest BCUT2D eigenvalue weighted by Gasteiger charge is -2.05. The second-order valence-electron chi connectivity index (χ2n) is 2.91. The minimum atomic E-state index is -4.73. The fraction of sp³-hybridized carbons (Fsp3) is 0.286. The maximum absolute atomic E-state index is 12.7. The molecule has 0 amide bonds. The quantitative estimate of drug-likeness (QED) is 0.772. The number of hydrogen-bond donors (Lipinski definition) is 0. The fourth-order valence-electron chi connectivity index (χ4n) is 1.12. The minimum Gasteiger partial charge on any atom is -0.191 e.